The van der Waals surface area contributed by atoms with Gasteiger partial charge in [0.05, 0.1) is 0 Å². The minimum absolute atomic E-state index is 0.0153. The van der Waals surface area contributed by atoms with E-state index in [1.807, 2.05) is 48.5 Å². The summed E-state index contributed by atoms with van der Waals surface area (Å²) < 4.78 is 0. The monoisotopic (exact) mass is 278 g/mol. The summed E-state index contributed by atoms with van der Waals surface area (Å²) in [5.41, 5.74) is 9.31. The van der Waals surface area contributed by atoms with Gasteiger partial charge in [-0.25, -0.2) is 0 Å². The zero-order chi connectivity index (χ0) is 14.7. The number of nitrogens with two attached hydrogens (primary N) is 1. The van der Waals surface area contributed by atoms with Gasteiger partial charge in [0.15, 0.2) is 0 Å². The number of hydrogen-bond donors (Lipinski definition) is 1. The van der Waals surface area contributed by atoms with E-state index in [0.717, 1.165) is 19.5 Å². The van der Waals surface area contributed by atoms with Crippen LogP contribution < -0.4 is 5.73 Å². The van der Waals surface area contributed by atoms with E-state index in [1.165, 1.54) is 5.56 Å². The Hall–Kier alpha value is -2.55. The van der Waals surface area contributed by atoms with Gasteiger partial charge in [0.1, 0.15) is 5.70 Å². The molecular formula is C18H18N2O. The van der Waals surface area contributed by atoms with Crippen molar-refractivity contribution in [1.82, 2.24) is 4.90 Å². The quantitative estimate of drug-likeness (QED) is 0.875. The molecule has 3 nitrogen and oxygen atoms in total. The summed E-state index contributed by atoms with van der Waals surface area (Å²) in [4.78, 5) is 14.8. The van der Waals surface area contributed by atoms with Crippen molar-refractivity contribution >= 4 is 5.78 Å². The van der Waals surface area contributed by atoms with Crippen molar-refractivity contribution in [3.05, 3.63) is 83.2 Å². The van der Waals surface area contributed by atoms with Crippen LogP contribution in [0.5, 0.6) is 0 Å². The Bertz CT molecular complexity index is 662. The van der Waals surface area contributed by atoms with E-state index in [9.17, 15) is 4.79 Å². The van der Waals surface area contributed by atoms with Crippen molar-refractivity contribution < 1.29 is 4.79 Å². The molecule has 2 aromatic carbocycles. The third-order valence-electron chi connectivity index (χ3n) is 3.74. The Morgan fingerprint density at radius 1 is 1.00 bits per heavy atom. The lowest BCUT2D eigenvalue weighted by Crippen LogP contribution is -2.25. The molecule has 1 heterocycles. The molecule has 0 aromatic heterocycles. The summed E-state index contributed by atoms with van der Waals surface area (Å²) in [5.74, 6) is 0.0153. The zero-order valence-corrected chi connectivity index (χ0v) is 11.8. The molecule has 3 rings (SSSR count). The van der Waals surface area contributed by atoms with Gasteiger partial charge in [0, 0.05) is 30.8 Å². The molecule has 0 amide bonds. The first-order valence-corrected chi connectivity index (χ1v) is 7.13. The highest BCUT2D eigenvalue weighted by Gasteiger charge is 2.27. The van der Waals surface area contributed by atoms with Crippen LogP contribution in [-0.2, 0) is 6.54 Å². The molecule has 0 bridgehead atoms. The molecule has 0 saturated carbocycles. The third kappa shape index (κ3) is 2.82. The molecule has 0 fully saturated rings. The standard InChI is InChI=1S/C18H18N2O/c19-16-11-12-20(13-14-7-3-1-4-8-14)17(16)18(21)15-9-5-2-6-10-15/h1-10H,11-13,19H2. The van der Waals surface area contributed by atoms with E-state index in [4.69, 9.17) is 5.73 Å². The number of nitrogens with zero attached hydrogens (tertiary/aromatic N) is 1. The van der Waals surface area contributed by atoms with Gasteiger partial charge in [-0.15, -0.1) is 0 Å². The minimum atomic E-state index is 0.0153. The Morgan fingerprint density at radius 3 is 2.29 bits per heavy atom. The molecule has 0 unspecified atom stereocenters. The van der Waals surface area contributed by atoms with Gasteiger partial charge in [0.2, 0.25) is 5.78 Å². The molecule has 0 spiro atoms. The van der Waals surface area contributed by atoms with Crippen molar-refractivity contribution in [2.24, 2.45) is 5.73 Å². The highest BCUT2D eigenvalue weighted by atomic mass is 16.1. The number of carbonyl (C=O) groups is 1. The van der Waals surface area contributed by atoms with Gasteiger partial charge in [0.25, 0.3) is 0 Å². The number of carbonyl (C=O) groups excluding carboxylic acids is 1. The first-order chi connectivity index (χ1) is 10.3. The van der Waals surface area contributed by atoms with Crippen LogP contribution in [-0.4, -0.2) is 17.2 Å². The van der Waals surface area contributed by atoms with Crippen molar-refractivity contribution in [3.63, 3.8) is 0 Å². The molecule has 3 heteroatoms. The van der Waals surface area contributed by atoms with Crippen LogP contribution in [0, 0.1) is 0 Å². The van der Waals surface area contributed by atoms with Crippen LogP contribution in [0.4, 0.5) is 0 Å². The first kappa shape index (κ1) is 13.4. The van der Waals surface area contributed by atoms with Crippen molar-refractivity contribution in [2.45, 2.75) is 13.0 Å². The van der Waals surface area contributed by atoms with Crippen LogP contribution in [0.15, 0.2) is 72.1 Å². The van der Waals surface area contributed by atoms with E-state index in [1.54, 1.807) is 0 Å². The van der Waals surface area contributed by atoms with Crippen LogP contribution in [0.3, 0.4) is 0 Å². The van der Waals surface area contributed by atoms with Gasteiger partial charge in [-0.2, -0.15) is 0 Å². The Kier molecular flexibility index (Phi) is 3.73. The van der Waals surface area contributed by atoms with E-state index in [2.05, 4.69) is 17.0 Å². The van der Waals surface area contributed by atoms with Gasteiger partial charge < -0.3 is 10.6 Å². The Balaban J connectivity index is 1.85. The molecule has 21 heavy (non-hydrogen) atoms. The molecular weight excluding hydrogens is 260 g/mol. The number of ketones is 1. The summed E-state index contributed by atoms with van der Waals surface area (Å²) >= 11 is 0. The number of Topliss-reactive ketones (excluding diaryl/α,β-unsaturated/α-hetero) is 1. The second-order valence-corrected chi connectivity index (χ2v) is 5.23. The van der Waals surface area contributed by atoms with Gasteiger partial charge in [-0.1, -0.05) is 60.7 Å². The summed E-state index contributed by atoms with van der Waals surface area (Å²) in [6, 6.07) is 19.5. The van der Waals surface area contributed by atoms with E-state index in [0.29, 0.717) is 17.0 Å². The lowest BCUT2D eigenvalue weighted by Gasteiger charge is -2.21. The molecule has 2 N–H and O–H groups in total. The highest BCUT2D eigenvalue weighted by molar-refractivity contribution is 6.08. The largest absolute Gasteiger partial charge is 0.400 e. The van der Waals surface area contributed by atoms with Gasteiger partial charge in [-0.05, 0) is 5.56 Å². The second-order valence-electron chi connectivity index (χ2n) is 5.23. The lowest BCUT2D eigenvalue weighted by molar-refractivity contribution is 0.0994. The lowest BCUT2D eigenvalue weighted by atomic mass is 10.1. The Morgan fingerprint density at radius 2 is 1.62 bits per heavy atom. The minimum Gasteiger partial charge on any atom is -0.400 e. The average Bonchev–Trinajstić information content (AvgIpc) is 2.89. The summed E-state index contributed by atoms with van der Waals surface area (Å²) in [7, 11) is 0. The maximum Gasteiger partial charge on any atom is 0.210 e. The summed E-state index contributed by atoms with van der Waals surface area (Å²) in [6.07, 6.45) is 0.751. The second kappa shape index (κ2) is 5.83. The number of hydrogen-bond acceptors (Lipinski definition) is 3. The maximum atomic E-state index is 12.7. The molecule has 1 aliphatic heterocycles. The van der Waals surface area contributed by atoms with E-state index in [-0.39, 0.29) is 5.78 Å². The number of allylic oxidation sites excluding steroid dienone is 1. The fourth-order valence-electron chi connectivity index (χ4n) is 2.67. The third-order valence-corrected chi connectivity index (χ3v) is 3.74. The topological polar surface area (TPSA) is 46.3 Å². The fourth-order valence-corrected chi connectivity index (χ4v) is 2.67. The summed E-state index contributed by atoms with van der Waals surface area (Å²) in [6.45, 7) is 1.52. The fraction of sp³-hybridized carbons (Fsp3) is 0.167. The SMILES string of the molecule is NC1=C(C(=O)c2ccccc2)N(Cc2ccccc2)CC1. The van der Waals surface area contributed by atoms with Gasteiger partial charge in [-0.3, -0.25) is 4.79 Å². The normalized spacial score (nSPS) is 14.6. The molecule has 1 aliphatic rings. The molecule has 0 aliphatic carbocycles. The van der Waals surface area contributed by atoms with Crippen LogP contribution >= 0.6 is 0 Å². The van der Waals surface area contributed by atoms with Crippen LogP contribution in [0.1, 0.15) is 22.3 Å². The Labute approximate surface area is 124 Å². The predicted molar refractivity (Wildman–Crippen MR) is 83.5 cm³/mol. The molecule has 0 saturated heterocycles. The van der Waals surface area contributed by atoms with Crippen LogP contribution in [0.2, 0.25) is 0 Å². The molecule has 106 valence electrons. The highest BCUT2D eigenvalue weighted by Crippen LogP contribution is 2.25. The van der Waals surface area contributed by atoms with Crippen molar-refractivity contribution in [3.8, 4) is 0 Å². The van der Waals surface area contributed by atoms with Crippen molar-refractivity contribution in [1.29, 1.82) is 0 Å². The van der Waals surface area contributed by atoms with E-state index >= 15 is 0 Å². The predicted octanol–water partition coefficient (Wildman–Crippen LogP) is 2.95. The van der Waals surface area contributed by atoms with E-state index < -0.39 is 0 Å². The van der Waals surface area contributed by atoms with Gasteiger partial charge >= 0.3 is 0 Å². The first-order valence-electron chi connectivity index (χ1n) is 7.13. The van der Waals surface area contributed by atoms with Crippen LogP contribution in [0.25, 0.3) is 0 Å². The molecule has 0 atom stereocenters. The van der Waals surface area contributed by atoms with Crippen molar-refractivity contribution in [2.75, 3.05) is 6.54 Å². The molecule has 0 radical (unpaired) electrons. The number of rotatable bonds is 4. The maximum absolute atomic E-state index is 12.7. The zero-order valence-electron chi connectivity index (χ0n) is 11.8. The molecule has 2 aromatic rings. The average molecular weight is 278 g/mol. The number of benzene rings is 2. The smallest absolute Gasteiger partial charge is 0.210 e. The summed E-state index contributed by atoms with van der Waals surface area (Å²) in [5, 5.41) is 0.